The Balaban J connectivity index is 2.58. The smallest absolute Gasteiger partial charge is 0.335 e. The van der Waals surface area contributed by atoms with Crippen molar-refractivity contribution >= 4 is 17.6 Å². The molecule has 5 nitrogen and oxygen atoms in total. The van der Waals surface area contributed by atoms with Crippen LogP contribution in [0.25, 0.3) is 11.3 Å². The molecule has 1 aromatic heterocycles. The van der Waals surface area contributed by atoms with Crippen molar-refractivity contribution in [2.45, 2.75) is 0 Å². The molecule has 0 bridgehead atoms. The summed E-state index contributed by atoms with van der Waals surface area (Å²) in [6.45, 7) is 0. The summed E-state index contributed by atoms with van der Waals surface area (Å²) in [5.41, 5.74) is 0.285. The van der Waals surface area contributed by atoms with E-state index in [0.29, 0.717) is 22.0 Å². The summed E-state index contributed by atoms with van der Waals surface area (Å²) in [5, 5.41) is 9.29. The van der Waals surface area contributed by atoms with Gasteiger partial charge in [0.1, 0.15) is 5.75 Å². The average Bonchev–Trinajstić information content (AvgIpc) is 2.37. The van der Waals surface area contributed by atoms with Crippen LogP contribution in [0.2, 0.25) is 5.02 Å². The van der Waals surface area contributed by atoms with Crippen molar-refractivity contribution < 1.29 is 14.6 Å². The molecule has 6 heteroatoms. The molecular weight excluding hydrogens is 270 g/mol. The first-order chi connectivity index (χ1) is 9.01. The molecule has 2 N–H and O–H groups in total. The highest BCUT2D eigenvalue weighted by atomic mass is 35.5. The first kappa shape index (κ1) is 13.2. The second kappa shape index (κ2) is 5.16. The van der Waals surface area contributed by atoms with Crippen LogP contribution in [-0.2, 0) is 0 Å². The molecule has 1 aromatic carbocycles. The van der Waals surface area contributed by atoms with Gasteiger partial charge in [-0.1, -0.05) is 11.6 Å². The summed E-state index contributed by atoms with van der Waals surface area (Å²) < 4.78 is 5.02. The number of carboxylic acids is 1. The van der Waals surface area contributed by atoms with Crippen molar-refractivity contribution in [1.29, 1.82) is 0 Å². The number of hydrogen-bond donors (Lipinski definition) is 2. The molecule has 0 saturated carbocycles. The van der Waals surface area contributed by atoms with E-state index in [4.69, 9.17) is 21.4 Å². The molecule has 0 atom stereocenters. The minimum atomic E-state index is -1.17. The SMILES string of the molecule is COc1ccc(-c2cc(C(=O)O)cc(=O)[nH]2)c(Cl)c1. The van der Waals surface area contributed by atoms with E-state index in [-0.39, 0.29) is 5.56 Å². The van der Waals surface area contributed by atoms with Crippen molar-refractivity contribution in [3.63, 3.8) is 0 Å². The number of benzene rings is 1. The first-order valence-corrected chi connectivity index (χ1v) is 5.70. The maximum absolute atomic E-state index is 11.4. The van der Waals surface area contributed by atoms with Gasteiger partial charge in [-0.05, 0) is 24.3 Å². The van der Waals surface area contributed by atoms with Crippen LogP contribution in [0.5, 0.6) is 5.75 Å². The number of carbonyl (C=O) groups is 1. The zero-order valence-corrected chi connectivity index (χ0v) is 10.7. The van der Waals surface area contributed by atoms with Gasteiger partial charge < -0.3 is 14.8 Å². The summed E-state index contributed by atoms with van der Waals surface area (Å²) >= 11 is 6.08. The van der Waals surface area contributed by atoms with Crippen LogP contribution in [0, 0.1) is 0 Å². The Bertz CT molecular complexity index is 693. The zero-order valence-electron chi connectivity index (χ0n) is 9.94. The standard InChI is InChI=1S/C13H10ClNO4/c1-19-8-2-3-9(10(14)6-8)11-4-7(13(17)18)5-12(16)15-11/h2-6H,1H3,(H,15,16)(H,17,18). The number of aromatic nitrogens is 1. The highest BCUT2D eigenvalue weighted by Gasteiger charge is 2.10. The van der Waals surface area contributed by atoms with E-state index in [0.717, 1.165) is 6.07 Å². The van der Waals surface area contributed by atoms with Gasteiger partial charge >= 0.3 is 5.97 Å². The van der Waals surface area contributed by atoms with Gasteiger partial charge in [0.25, 0.3) is 0 Å². The predicted molar refractivity (Wildman–Crippen MR) is 71.0 cm³/mol. The molecule has 0 fully saturated rings. The topological polar surface area (TPSA) is 79.4 Å². The molecule has 0 spiro atoms. The van der Waals surface area contributed by atoms with E-state index in [1.165, 1.54) is 13.2 Å². The summed E-state index contributed by atoms with van der Waals surface area (Å²) in [6.07, 6.45) is 0. The van der Waals surface area contributed by atoms with Crippen LogP contribution in [-0.4, -0.2) is 23.2 Å². The summed E-state index contributed by atoms with van der Waals surface area (Å²) in [5.74, 6) is -0.595. The number of hydrogen-bond acceptors (Lipinski definition) is 3. The van der Waals surface area contributed by atoms with Crippen molar-refractivity contribution in [3.05, 3.63) is 51.3 Å². The van der Waals surface area contributed by atoms with E-state index in [1.54, 1.807) is 18.2 Å². The van der Waals surface area contributed by atoms with E-state index in [1.807, 2.05) is 0 Å². The molecule has 2 rings (SSSR count). The Morgan fingerprint density at radius 3 is 2.63 bits per heavy atom. The van der Waals surface area contributed by atoms with Gasteiger partial charge in [-0.15, -0.1) is 0 Å². The molecule has 1 heterocycles. The maximum Gasteiger partial charge on any atom is 0.335 e. The third-order valence-corrected chi connectivity index (χ3v) is 2.87. The highest BCUT2D eigenvalue weighted by Crippen LogP contribution is 2.29. The van der Waals surface area contributed by atoms with E-state index < -0.39 is 11.5 Å². The minimum Gasteiger partial charge on any atom is -0.497 e. The Morgan fingerprint density at radius 2 is 2.05 bits per heavy atom. The van der Waals surface area contributed by atoms with Crippen molar-refractivity contribution in [2.24, 2.45) is 0 Å². The molecule has 0 radical (unpaired) electrons. The molecule has 19 heavy (non-hydrogen) atoms. The molecule has 0 amide bonds. The normalized spacial score (nSPS) is 10.2. The number of aromatic amines is 1. The Hall–Kier alpha value is -2.27. The highest BCUT2D eigenvalue weighted by molar-refractivity contribution is 6.33. The molecule has 0 aliphatic heterocycles. The number of nitrogens with one attached hydrogen (secondary N) is 1. The van der Waals surface area contributed by atoms with Crippen LogP contribution < -0.4 is 10.3 Å². The second-order valence-corrected chi connectivity index (χ2v) is 4.21. The van der Waals surface area contributed by atoms with E-state index >= 15 is 0 Å². The summed E-state index contributed by atoms with van der Waals surface area (Å²) in [6, 6.07) is 7.29. The fourth-order valence-corrected chi connectivity index (χ4v) is 1.93. The van der Waals surface area contributed by atoms with Crippen molar-refractivity contribution in [1.82, 2.24) is 4.98 Å². The monoisotopic (exact) mass is 279 g/mol. The molecule has 2 aromatic rings. The molecule has 0 saturated heterocycles. The lowest BCUT2D eigenvalue weighted by molar-refractivity contribution is 0.0696. The van der Waals surface area contributed by atoms with Crippen molar-refractivity contribution in [3.8, 4) is 17.0 Å². The number of pyridine rings is 1. The average molecular weight is 280 g/mol. The number of methoxy groups -OCH3 is 1. The largest absolute Gasteiger partial charge is 0.497 e. The van der Waals surface area contributed by atoms with Gasteiger partial charge in [-0.25, -0.2) is 4.79 Å². The second-order valence-electron chi connectivity index (χ2n) is 3.80. The lowest BCUT2D eigenvalue weighted by Gasteiger charge is -2.07. The van der Waals surface area contributed by atoms with Crippen molar-refractivity contribution in [2.75, 3.05) is 7.11 Å². The van der Waals surface area contributed by atoms with Crippen LogP contribution in [0.1, 0.15) is 10.4 Å². The van der Waals surface area contributed by atoms with Gasteiger partial charge in [0, 0.05) is 11.6 Å². The molecule has 0 aliphatic carbocycles. The quantitative estimate of drug-likeness (QED) is 0.904. The van der Waals surface area contributed by atoms with E-state index in [2.05, 4.69) is 4.98 Å². The Kier molecular flexibility index (Phi) is 3.57. The van der Waals surface area contributed by atoms with Crippen LogP contribution in [0.3, 0.4) is 0 Å². The third-order valence-electron chi connectivity index (χ3n) is 2.56. The lowest BCUT2D eigenvalue weighted by atomic mass is 10.1. The minimum absolute atomic E-state index is 0.0920. The summed E-state index contributed by atoms with van der Waals surface area (Å²) in [7, 11) is 1.51. The zero-order chi connectivity index (χ0) is 14.0. The number of carboxylic acid groups (broad SMARTS) is 1. The van der Waals surface area contributed by atoms with Gasteiger partial charge in [-0.2, -0.15) is 0 Å². The number of halogens is 1. The number of aromatic carboxylic acids is 1. The fourth-order valence-electron chi connectivity index (χ4n) is 1.65. The molecule has 98 valence electrons. The van der Waals surface area contributed by atoms with Crippen LogP contribution in [0.15, 0.2) is 35.1 Å². The van der Waals surface area contributed by atoms with Gasteiger partial charge in [-0.3, -0.25) is 4.79 Å². The third kappa shape index (κ3) is 2.77. The molecule has 0 unspecified atom stereocenters. The van der Waals surface area contributed by atoms with Gasteiger partial charge in [0.05, 0.1) is 23.4 Å². The first-order valence-electron chi connectivity index (χ1n) is 5.33. The van der Waals surface area contributed by atoms with Gasteiger partial charge in [0.2, 0.25) is 5.56 Å². The Morgan fingerprint density at radius 1 is 1.32 bits per heavy atom. The predicted octanol–water partition coefficient (Wildman–Crippen LogP) is 2.40. The number of H-pyrrole nitrogens is 1. The Labute approximate surface area is 113 Å². The van der Waals surface area contributed by atoms with Crippen LogP contribution >= 0.6 is 11.6 Å². The molecular formula is C13H10ClNO4. The number of rotatable bonds is 3. The number of ether oxygens (including phenoxy) is 1. The van der Waals surface area contributed by atoms with E-state index in [9.17, 15) is 9.59 Å². The lowest BCUT2D eigenvalue weighted by Crippen LogP contribution is -2.10. The summed E-state index contributed by atoms with van der Waals surface area (Å²) in [4.78, 5) is 24.9. The van der Waals surface area contributed by atoms with Gasteiger partial charge in [0.15, 0.2) is 0 Å². The van der Waals surface area contributed by atoms with Crippen LogP contribution in [0.4, 0.5) is 0 Å². The fraction of sp³-hybridized carbons (Fsp3) is 0.0769. The molecule has 0 aliphatic rings. The maximum atomic E-state index is 11.4.